The summed E-state index contributed by atoms with van der Waals surface area (Å²) in [5, 5.41) is 23.4. The summed E-state index contributed by atoms with van der Waals surface area (Å²) in [6.07, 6.45) is 0. The third-order valence-electron chi connectivity index (χ3n) is 3.40. The SMILES string of the molecule is Cc1c(-c2ccccc2)n(O)c(-c2ccc(Cl)cc2)[n+]1[O-]. The normalized spacial score (nSPS) is 10.8. The molecule has 0 saturated carbocycles. The summed E-state index contributed by atoms with van der Waals surface area (Å²) in [7, 11) is 0. The second-order valence-corrected chi connectivity index (χ2v) is 5.17. The molecular formula is C16H13ClN2O2. The maximum Gasteiger partial charge on any atom is 0.332 e. The maximum absolute atomic E-state index is 12.4. The van der Waals surface area contributed by atoms with Gasteiger partial charge in [0.15, 0.2) is 5.69 Å². The highest BCUT2D eigenvalue weighted by molar-refractivity contribution is 6.30. The topological polar surface area (TPSA) is 52.1 Å². The molecule has 0 radical (unpaired) electrons. The van der Waals surface area contributed by atoms with Gasteiger partial charge >= 0.3 is 5.82 Å². The van der Waals surface area contributed by atoms with Crippen LogP contribution in [-0.2, 0) is 0 Å². The van der Waals surface area contributed by atoms with Crippen LogP contribution in [0.25, 0.3) is 22.6 Å². The molecule has 0 saturated heterocycles. The van der Waals surface area contributed by atoms with Gasteiger partial charge in [-0.15, -0.1) is 0 Å². The summed E-state index contributed by atoms with van der Waals surface area (Å²) in [6, 6.07) is 16.1. The van der Waals surface area contributed by atoms with Crippen molar-refractivity contribution < 1.29 is 9.94 Å². The van der Waals surface area contributed by atoms with Gasteiger partial charge in [-0.1, -0.05) is 41.9 Å². The molecule has 1 N–H and O–H groups in total. The maximum atomic E-state index is 12.4. The second kappa shape index (κ2) is 5.14. The number of imidazole rings is 1. The molecule has 0 aliphatic heterocycles. The molecule has 5 heteroatoms. The number of hydrogen-bond acceptors (Lipinski definition) is 2. The monoisotopic (exact) mass is 300 g/mol. The van der Waals surface area contributed by atoms with Crippen molar-refractivity contribution in [2.24, 2.45) is 0 Å². The van der Waals surface area contributed by atoms with E-state index in [1.54, 1.807) is 31.2 Å². The van der Waals surface area contributed by atoms with Crippen LogP contribution in [0.4, 0.5) is 0 Å². The molecule has 0 bridgehead atoms. The van der Waals surface area contributed by atoms with E-state index in [0.717, 1.165) is 15.0 Å². The minimum absolute atomic E-state index is 0.169. The Labute approximate surface area is 127 Å². The molecule has 1 aromatic heterocycles. The molecule has 106 valence electrons. The number of halogens is 1. The van der Waals surface area contributed by atoms with Gasteiger partial charge in [0.05, 0.1) is 5.56 Å². The number of aromatic nitrogens is 2. The van der Waals surface area contributed by atoms with Crippen LogP contribution in [0.15, 0.2) is 54.6 Å². The van der Waals surface area contributed by atoms with Crippen LogP contribution < -0.4 is 4.73 Å². The van der Waals surface area contributed by atoms with E-state index in [1.807, 2.05) is 30.3 Å². The summed E-state index contributed by atoms with van der Waals surface area (Å²) < 4.78 is 1.66. The summed E-state index contributed by atoms with van der Waals surface area (Å²) in [6.45, 7) is 1.68. The molecule has 0 aliphatic carbocycles. The van der Waals surface area contributed by atoms with E-state index >= 15 is 0 Å². The lowest BCUT2D eigenvalue weighted by molar-refractivity contribution is -0.600. The second-order valence-electron chi connectivity index (χ2n) is 4.74. The van der Waals surface area contributed by atoms with E-state index in [9.17, 15) is 10.4 Å². The smallest absolute Gasteiger partial charge is 0.332 e. The fraction of sp³-hybridized carbons (Fsp3) is 0.0625. The molecule has 0 aliphatic rings. The Hall–Kier alpha value is -2.46. The molecule has 0 spiro atoms. The molecule has 21 heavy (non-hydrogen) atoms. The van der Waals surface area contributed by atoms with E-state index < -0.39 is 0 Å². The van der Waals surface area contributed by atoms with Crippen LogP contribution in [0.1, 0.15) is 5.69 Å². The zero-order chi connectivity index (χ0) is 15.0. The number of hydrogen-bond donors (Lipinski definition) is 1. The minimum atomic E-state index is 0.169. The summed E-state index contributed by atoms with van der Waals surface area (Å²) in [5.74, 6) is 0.169. The lowest BCUT2D eigenvalue weighted by Crippen LogP contribution is -2.30. The van der Waals surface area contributed by atoms with Crippen molar-refractivity contribution in [3.8, 4) is 22.6 Å². The van der Waals surface area contributed by atoms with Crippen LogP contribution in [-0.4, -0.2) is 9.94 Å². The van der Waals surface area contributed by atoms with Gasteiger partial charge in [-0.25, -0.2) is 4.73 Å². The first kappa shape index (κ1) is 13.5. The molecule has 0 unspecified atom stereocenters. The lowest BCUT2D eigenvalue weighted by Gasteiger charge is -2.03. The summed E-state index contributed by atoms with van der Waals surface area (Å²) in [5.41, 5.74) is 2.30. The molecule has 0 amide bonds. The zero-order valence-corrected chi connectivity index (χ0v) is 12.1. The Kier molecular flexibility index (Phi) is 3.31. The fourth-order valence-electron chi connectivity index (χ4n) is 2.37. The van der Waals surface area contributed by atoms with Crippen molar-refractivity contribution in [1.82, 2.24) is 4.73 Å². The highest BCUT2D eigenvalue weighted by atomic mass is 35.5. The Morgan fingerprint density at radius 2 is 1.62 bits per heavy atom. The largest absolute Gasteiger partial charge is 0.710 e. The quantitative estimate of drug-likeness (QED) is 0.446. The standard InChI is InChI=1S/C16H13ClN2O2/c1-11-15(12-5-3-2-4-6-12)19(21)16(18(11)20)13-7-9-14(17)10-8-13/h2-10,21H,1H3. The predicted octanol–water partition coefficient (Wildman–Crippen LogP) is 3.65. The van der Waals surface area contributed by atoms with E-state index in [-0.39, 0.29) is 5.82 Å². The number of rotatable bonds is 2. The minimum Gasteiger partial charge on any atom is -0.710 e. The first-order valence-electron chi connectivity index (χ1n) is 6.45. The number of benzene rings is 2. The summed E-state index contributed by atoms with van der Waals surface area (Å²) in [4.78, 5) is 0. The van der Waals surface area contributed by atoms with E-state index in [2.05, 4.69) is 0 Å². The van der Waals surface area contributed by atoms with Crippen LogP contribution in [0.5, 0.6) is 0 Å². The lowest BCUT2D eigenvalue weighted by atomic mass is 10.1. The molecule has 3 rings (SSSR count). The first-order valence-corrected chi connectivity index (χ1v) is 6.83. The van der Waals surface area contributed by atoms with Crippen LogP contribution in [0, 0.1) is 12.1 Å². The highest BCUT2D eigenvalue weighted by Crippen LogP contribution is 2.27. The molecular weight excluding hydrogens is 288 g/mol. The van der Waals surface area contributed by atoms with Gasteiger partial charge in [0.25, 0.3) is 0 Å². The average Bonchev–Trinajstić information content (AvgIpc) is 2.72. The van der Waals surface area contributed by atoms with Crippen LogP contribution in [0.2, 0.25) is 5.02 Å². The van der Waals surface area contributed by atoms with Gasteiger partial charge in [-0.3, -0.25) is 0 Å². The Morgan fingerprint density at radius 3 is 2.24 bits per heavy atom. The molecule has 2 aromatic carbocycles. The van der Waals surface area contributed by atoms with Crippen molar-refractivity contribution in [3.05, 3.63) is 70.5 Å². The Balaban J connectivity index is 2.22. The molecule has 0 fully saturated rings. The van der Waals surface area contributed by atoms with Gasteiger partial charge in [0.1, 0.15) is 0 Å². The van der Waals surface area contributed by atoms with E-state index in [0.29, 0.717) is 22.0 Å². The number of nitrogens with zero attached hydrogens (tertiary/aromatic N) is 2. The Morgan fingerprint density at radius 1 is 1.00 bits per heavy atom. The molecule has 0 atom stereocenters. The molecule has 1 heterocycles. The summed E-state index contributed by atoms with van der Waals surface area (Å²) >= 11 is 5.86. The van der Waals surface area contributed by atoms with Crippen molar-refractivity contribution in [2.45, 2.75) is 6.92 Å². The van der Waals surface area contributed by atoms with Gasteiger partial charge in [0, 0.05) is 17.5 Å². The highest BCUT2D eigenvalue weighted by Gasteiger charge is 2.27. The van der Waals surface area contributed by atoms with Crippen molar-refractivity contribution >= 4 is 11.6 Å². The van der Waals surface area contributed by atoms with Gasteiger partial charge in [-0.2, -0.15) is 0 Å². The third kappa shape index (κ3) is 2.23. The average molecular weight is 301 g/mol. The first-order chi connectivity index (χ1) is 10.1. The van der Waals surface area contributed by atoms with Crippen LogP contribution >= 0.6 is 11.6 Å². The molecule has 4 nitrogen and oxygen atoms in total. The van der Waals surface area contributed by atoms with Crippen molar-refractivity contribution in [1.29, 1.82) is 0 Å². The fourth-order valence-corrected chi connectivity index (χ4v) is 2.49. The zero-order valence-electron chi connectivity index (χ0n) is 11.3. The van der Waals surface area contributed by atoms with Gasteiger partial charge < -0.3 is 10.4 Å². The third-order valence-corrected chi connectivity index (χ3v) is 3.65. The van der Waals surface area contributed by atoms with Crippen LogP contribution in [0.3, 0.4) is 0 Å². The predicted molar refractivity (Wildman–Crippen MR) is 81.2 cm³/mol. The van der Waals surface area contributed by atoms with E-state index in [1.165, 1.54) is 0 Å². The Bertz CT molecular complexity index is 780. The van der Waals surface area contributed by atoms with Crippen molar-refractivity contribution in [3.63, 3.8) is 0 Å². The van der Waals surface area contributed by atoms with E-state index in [4.69, 9.17) is 11.6 Å². The van der Waals surface area contributed by atoms with Crippen molar-refractivity contribution in [2.75, 3.05) is 0 Å². The molecule has 3 aromatic rings. The van der Waals surface area contributed by atoms with Gasteiger partial charge in [0.2, 0.25) is 5.69 Å². The van der Waals surface area contributed by atoms with Gasteiger partial charge in [-0.05, 0) is 29.0 Å².